The predicted molar refractivity (Wildman–Crippen MR) is 69.5 cm³/mol. The van der Waals surface area contributed by atoms with E-state index in [2.05, 4.69) is 4.90 Å². The Kier molecular flexibility index (Phi) is 4.38. The highest BCUT2D eigenvalue weighted by molar-refractivity contribution is 5.91. The highest BCUT2D eigenvalue weighted by Gasteiger charge is 2.21. The van der Waals surface area contributed by atoms with Crippen molar-refractivity contribution in [3.05, 3.63) is 23.7 Å². The first-order valence-corrected chi connectivity index (χ1v) is 6.49. The Hall–Kier alpha value is -1.33. The average molecular weight is 251 g/mol. The van der Waals surface area contributed by atoms with Crippen LogP contribution in [0.15, 0.2) is 16.5 Å². The molecule has 1 aliphatic heterocycles. The lowest BCUT2D eigenvalue weighted by molar-refractivity contribution is 0.0728. The van der Waals surface area contributed by atoms with Gasteiger partial charge >= 0.3 is 0 Å². The van der Waals surface area contributed by atoms with Crippen LogP contribution in [0.25, 0.3) is 0 Å². The van der Waals surface area contributed by atoms with E-state index in [1.165, 1.54) is 0 Å². The minimum absolute atomic E-state index is 0.00213. The maximum atomic E-state index is 12.2. The van der Waals surface area contributed by atoms with Gasteiger partial charge in [0.25, 0.3) is 5.91 Å². The molecule has 1 saturated heterocycles. The number of nitrogens with zero attached hydrogens (tertiary/aromatic N) is 2. The second kappa shape index (κ2) is 6.02. The SMILES string of the molecule is Cc1ccc(C(=O)N2CCCN(CCN)CC2)o1. The summed E-state index contributed by atoms with van der Waals surface area (Å²) in [5.41, 5.74) is 5.56. The van der Waals surface area contributed by atoms with Gasteiger partial charge in [0, 0.05) is 32.7 Å². The van der Waals surface area contributed by atoms with E-state index in [0.717, 1.165) is 44.9 Å². The minimum Gasteiger partial charge on any atom is -0.456 e. The summed E-state index contributed by atoms with van der Waals surface area (Å²) < 4.78 is 5.39. The molecule has 0 unspecified atom stereocenters. The molecule has 5 heteroatoms. The Labute approximate surface area is 108 Å². The van der Waals surface area contributed by atoms with Crippen molar-refractivity contribution in [3.63, 3.8) is 0 Å². The summed E-state index contributed by atoms with van der Waals surface area (Å²) in [7, 11) is 0. The number of carbonyl (C=O) groups excluding carboxylic acids is 1. The minimum atomic E-state index is -0.00213. The molecule has 1 fully saturated rings. The molecule has 2 heterocycles. The van der Waals surface area contributed by atoms with Gasteiger partial charge < -0.3 is 20.0 Å². The number of furan rings is 1. The van der Waals surface area contributed by atoms with Crippen LogP contribution in [0.3, 0.4) is 0 Å². The van der Waals surface area contributed by atoms with Crippen molar-refractivity contribution in [1.82, 2.24) is 9.80 Å². The summed E-state index contributed by atoms with van der Waals surface area (Å²) >= 11 is 0. The third-order valence-electron chi connectivity index (χ3n) is 3.27. The topological polar surface area (TPSA) is 62.7 Å². The number of carbonyl (C=O) groups is 1. The molecule has 0 atom stereocenters. The molecule has 1 amide bonds. The van der Waals surface area contributed by atoms with Crippen LogP contribution in [-0.4, -0.2) is 55.0 Å². The van der Waals surface area contributed by atoms with E-state index in [1.807, 2.05) is 17.9 Å². The fourth-order valence-corrected chi connectivity index (χ4v) is 2.29. The van der Waals surface area contributed by atoms with Crippen molar-refractivity contribution in [2.75, 3.05) is 39.3 Å². The third-order valence-corrected chi connectivity index (χ3v) is 3.27. The molecule has 0 aromatic carbocycles. The lowest BCUT2D eigenvalue weighted by Gasteiger charge is -2.20. The molecular formula is C13H21N3O2. The van der Waals surface area contributed by atoms with Gasteiger partial charge in [0.1, 0.15) is 5.76 Å². The van der Waals surface area contributed by atoms with Crippen molar-refractivity contribution < 1.29 is 9.21 Å². The first-order chi connectivity index (χ1) is 8.70. The molecule has 18 heavy (non-hydrogen) atoms. The first-order valence-electron chi connectivity index (χ1n) is 6.49. The van der Waals surface area contributed by atoms with Crippen molar-refractivity contribution in [2.24, 2.45) is 5.73 Å². The Balaban J connectivity index is 1.95. The van der Waals surface area contributed by atoms with E-state index in [4.69, 9.17) is 10.2 Å². The summed E-state index contributed by atoms with van der Waals surface area (Å²) in [5.74, 6) is 1.22. The summed E-state index contributed by atoms with van der Waals surface area (Å²) in [4.78, 5) is 16.4. The van der Waals surface area contributed by atoms with Gasteiger partial charge in [-0.2, -0.15) is 0 Å². The monoisotopic (exact) mass is 251 g/mol. The lowest BCUT2D eigenvalue weighted by atomic mass is 10.3. The smallest absolute Gasteiger partial charge is 0.289 e. The molecule has 2 rings (SSSR count). The number of hydrogen-bond donors (Lipinski definition) is 1. The Morgan fingerprint density at radius 2 is 2.17 bits per heavy atom. The van der Waals surface area contributed by atoms with Gasteiger partial charge in [-0.1, -0.05) is 0 Å². The second-order valence-electron chi connectivity index (χ2n) is 4.69. The van der Waals surface area contributed by atoms with E-state index in [9.17, 15) is 4.79 Å². The fraction of sp³-hybridized carbons (Fsp3) is 0.615. The number of aryl methyl sites for hydroxylation is 1. The molecular weight excluding hydrogens is 230 g/mol. The normalized spacial score (nSPS) is 17.8. The molecule has 0 spiro atoms. The van der Waals surface area contributed by atoms with Crippen LogP contribution in [-0.2, 0) is 0 Å². The molecule has 1 aromatic heterocycles. The lowest BCUT2D eigenvalue weighted by Crippen LogP contribution is -2.36. The summed E-state index contributed by atoms with van der Waals surface area (Å²) in [6, 6.07) is 3.58. The van der Waals surface area contributed by atoms with Crippen LogP contribution in [0.2, 0.25) is 0 Å². The maximum absolute atomic E-state index is 12.2. The van der Waals surface area contributed by atoms with Gasteiger partial charge in [-0.3, -0.25) is 4.79 Å². The summed E-state index contributed by atoms with van der Waals surface area (Å²) in [5, 5.41) is 0. The molecule has 2 N–H and O–H groups in total. The van der Waals surface area contributed by atoms with Crippen molar-refractivity contribution in [2.45, 2.75) is 13.3 Å². The van der Waals surface area contributed by atoms with E-state index in [1.54, 1.807) is 6.07 Å². The van der Waals surface area contributed by atoms with Crippen LogP contribution in [0.4, 0.5) is 0 Å². The number of hydrogen-bond acceptors (Lipinski definition) is 4. The number of nitrogens with two attached hydrogens (primary N) is 1. The zero-order chi connectivity index (χ0) is 13.0. The van der Waals surface area contributed by atoms with Crippen LogP contribution in [0, 0.1) is 6.92 Å². The van der Waals surface area contributed by atoms with Gasteiger partial charge in [0.15, 0.2) is 5.76 Å². The zero-order valence-corrected chi connectivity index (χ0v) is 10.9. The Bertz CT molecular complexity index is 403. The van der Waals surface area contributed by atoms with E-state index >= 15 is 0 Å². The predicted octanol–water partition coefficient (Wildman–Crippen LogP) is 0.695. The van der Waals surface area contributed by atoms with Crippen molar-refractivity contribution in [1.29, 1.82) is 0 Å². The standard InChI is InChI=1S/C13H21N3O2/c1-11-3-4-12(18-11)13(17)16-7-2-6-15(8-5-14)9-10-16/h3-4H,2,5-10,14H2,1H3. The van der Waals surface area contributed by atoms with E-state index in [-0.39, 0.29) is 5.91 Å². The van der Waals surface area contributed by atoms with Crippen LogP contribution in [0.1, 0.15) is 22.7 Å². The largest absolute Gasteiger partial charge is 0.456 e. The molecule has 0 bridgehead atoms. The molecule has 0 radical (unpaired) electrons. The highest BCUT2D eigenvalue weighted by atomic mass is 16.3. The van der Waals surface area contributed by atoms with E-state index in [0.29, 0.717) is 12.3 Å². The summed E-state index contributed by atoms with van der Waals surface area (Å²) in [6.07, 6.45) is 0.991. The molecule has 1 aliphatic rings. The second-order valence-corrected chi connectivity index (χ2v) is 4.69. The summed E-state index contributed by atoms with van der Waals surface area (Å²) in [6.45, 7) is 6.87. The number of rotatable bonds is 3. The van der Waals surface area contributed by atoms with Crippen LogP contribution in [0.5, 0.6) is 0 Å². The highest BCUT2D eigenvalue weighted by Crippen LogP contribution is 2.12. The van der Waals surface area contributed by atoms with Gasteiger partial charge in [0.2, 0.25) is 0 Å². The van der Waals surface area contributed by atoms with Gasteiger partial charge in [-0.05, 0) is 32.0 Å². The number of amides is 1. The molecule has 0 saturated carbocycles. The Morgan fingerprint density at radius 3 is 2.83 bits per heavy atom. The van der Waals surface area contributed by atoms with Gasteiger partial charge in [-0.25, -0.2) is 0 Å². The fourth-order valence-electron chi connectivity index (χ4n) is 2.29. The maximum Gasteiger partial charge on any atom is 0.289 e. The molecule has 100 valence electrons. The first kappa shape index (κ1) is 13.1. The van der Waals surface area contributed by atoms with E-state index < -0.39 is 0 Å². The quantitative estimate of drug-likeness (QED) is 0.858. The van der Waals surface area contributed by atoms with Crippen LogP contribution < -0.4 is 5.73 Å². The zero-order valence-electron chi connectivity index (χ0n) is 10.9. The van der Waals surface area contributed by atoms with Gasteiger partial charge in [0.05, 0.1) is 0 Å². The molecule has 1 aromatic rings. The van der Waals surface area contributed by atoms with Crippen molar-refractivity contribution >= 4 is 5.91 Å². The Morgan fingerprint density at radius 1 is 1.33 bits per heavy atom. The third kappa shape index (κ3) is 3.11. The molecule has 5 nitrogen and oxygen atoms in total. The van der Waals surface area contributed by atoms with Gasteiger partial charge in [-0.15, -0.1) is 0 Å². The molecule has 0 aliphatic carbocycles. The van der Waals surface area contributed by atoms with Crippen LogP contribution >= 0.6 is 0 Å². The van der Waals surface area contributed by atoms with Crippen molar-refractivity contribution in [3.8, 4) is 0 Å². The average Bonchev–Trinajstić information content (AvgIpc) is 2.65.